The second-order valence-electron chi connectivity index (χ2n) is 4.37. The highest BCUT2D eigenvalue weighted by atomic mass is 16.2. The quantitative estimate of drug-likeness (QED) is 0.675. The van der Waals surface area contributed by atoms with Gasteiger partial charge in [-0.1, -0.05) is 18.2 Å². The van der Waals surface area contributed by atoms with E-state index < -0.39 is 0 Å². The summed E-state index contributed by atoms with van der Waals surface area (Å²) in [7, 11) is 0. The monoisotopic (exact) mass is 222 g/mol. The maximum absolute atomic E-state index is 12.3. The summed E-state index contributed by atoms with van der Waals surface area (Å²) in [5, 5.41) is 0. The summed E-state index contributed by atoms with van der Waals surface area (Å²) in [6.07, 6.45) is 0. The van der Waals surface area contributed by atoms with Crippen molar-refractivity contribution in [3.8, 4) is 0 Å². The van der Waals surface area contributed by atoms with Gasteiger partial charge in [-0.25, -0.2) is 0 Å². The smallest absolute Gasteiger partial charge is 0.261 e. The van der Waals surface area contributed by atoms with Gasteiger partial charge in [-0.2, -0.15) is 0 Å². The van der Waals surface area contributed by atoms with Crippen LogP contribution in [-0.2, 0) is 6.54 Å². The van der Waals surface area contributed by atoms with Crippen molar-refractivity contribution in [2.24, 2.45) is 0 Å². The first kappa shape index (κ1) is 8.82. The number of amides is 1. The highest BCUT2D eigenvalue weighted by Crippen LogP contribution is 2.35. The molecule has 0 saturated carbocycles. The lowest BCUT2D eigenvalue weighted by Crippen LogP contribution is -2.23. The van der Waals surface area contributed by atoms with Gasteiger partial charge < -0.3 is 9.88 Å². The molecule has 0 unspecified atom stereocenters. The fourth-order valence-electron chi connectivity index (χ4n) is 2.60. The van der Waals surface area contributed by atoms with Gasteiger partial charge in [0.25, 0.3) is 5.91 Å². The number of aromatic nitrogens is 1. The zero-order chi connectivity index (χ0) is 11.4. The lowest BCUT2D eigenvalue weighted by atomic mass is 10.1. The molecular weight excluding hydrogens is 212 g/mol. The number of para-hydroxylation sites is 1. The Balaban J connectivity index is 1.85. The van der Waals surface area contributed by atoms with Crippen molar-refractivity contribution in [1.82, 2.24) is 4.98 Å². The number of nitrogens with one attached hydrogen (secondary N) is 1. The predicted octanol–water partition coefficient (Wildman–Crippen LogP) is 2.77. The summed E-state index contributed by atoms with van der Waals surface area (Å²) in [5.41, 5.74) is 5.00. The standard InChI is InChI=1S/C14H10N2O/c17-14-13-10(11-6-7-12(13)15-11)8-16(14)9-4-2-1-3-5-9/h1-7,15H,8H2. The molecule has 0 saturated heterocycles. The normalized spacial score (nSPS) is 14.8. The lowest BCUT2D eigenvalue weighted by Gasteiger charge is -2.15. The fraction of sp³-hybridized carbons (Fsp3) is 0.0714. The number of carbonyl (C=O) groups excluding carboxylic acids is 1. The molecule has 1 aliphatic heterocycles. The summed E-state index contributed by atoms with van der Waals surface area (Å²) in [6.45, 7) is 0.675. The number of anilines is 1. The topological polar surface area (TPSA) is 36.1 Å². The van der Waals surface area contributed by atoms with Gasteiger partial charge in [-0.05, 0) is 24.3 Å². The average molecular weight is 222 g/mol. The van der Waals surface area contributed by atoms with Crippen LogP contribution in [0.3, 0.4) is 0 Å². The largest absolute Gasteiger partial charge is 0.355 e. The van der Waals surface area contributed by atoms with Crippen LogP contribution in [0.1, 0.15) is 15.9 Å². The number of nitrogens with zero attached hydrogens (tertiary/aromatic N) is 1. The number of hydrogen-bond acceptors (Lipinski definition) is 1. The fourth-order valence-corrected chi connectivity index (χ4v) is 2.60. The first-order valence-electron chi connectivity index (χ1n) is 5.64. The number of aromatic amines is 1. The second-order valence-corrected chi connectivity index (χ2v) is 4.37. The number of H-pyrrole nitrogens is 1. The molecule has 0 atom stereocenters. The van der Waals surface area contributed by atoms with E-state index in [1.807, 2.05) is 47.4 Å². The Morgan fingerprint density at radius 3 is 2.53 bits per heavy atom. The number of fused-ring (bicyclic) bond motifs is 5. The second kappa shape index (κ2) is 2.88. The zero-order valence-electron chi connectivity index (χ0n) is 9.10. The number of rotatable bonds is 1. The van der Waals surface area contributed by atoms with Crippen LogP contribution >= 0.6 is 0 Å². The zero-order valence-corrected chi connectivity index (χ0v) is 9.10. The van der Waals surface area contributed by atoms with Gasteiger partial charge in [0.05, 0.1) is 17.6 Å². The maximum Gasteiger partial charge on any atom is 0.261 e. The summed E-state index contributed by atoms with van der Waals surface area (Å²) < 4.78 is 0. The lowest BCUT2D eigenvalue weighted by molar-refractivity contribution is 0.0998. The van der Waals surface area contributed by atoms with Gasteiger partial charge >= 0.3 is 0 Å². The van der Waals surface area contributed by atoms with Crippen molar-refractivity contribution >= 4 is 22.6 Å². The minimum atomic E-state index is 0.105. The van der Waals surface area contributed by atoms with Crippen LogP contribution in [0.5, 0.6) is 0 Å². The van der Waals surface area contributed by atoms with Crippen LogP contribution in [0.15, 0.2) is 42.5 Å². The molecule has 1 N–H and O–H groups in total. The molecule has 1 aliphatic rings. The van der Waals surface area contributed by atoms with Crippen LogP contribution < -0.4 is 4.90 Å². The Bertz CT molecular complexity index is 699. The van der Waals surface area contributed by atoms with Crippen molar-refractivity contribution in [3.63, 3.8) is 0 Å². The molecular formula is C14H10N2O. The van der Waals surface area contributed by atoms with Crippen LogP contribution in [0, 0.1) is 0 Å². The summed E-state index contributed by atoms with van der Waals surface area (Å²) in [5.74, 6) is 0.105. The van der Waals surface area contributed by atoms with E-state index in [-0.39, 0.29) is 5.91 Å². The minimum absolute atomic E-state index is 0.105. The molecule has 3 heterocycles. The molecule has 4 rings (SSSR count). The molecule has 0 aliphatic carbocycles. The third-order valence-electron chi connectivity index (χ3n) is 3.43. The highest BCUT2D eigenvalue weighted by Gasteiger charge is 2.33. The molecule has 1 aromatic carbocycles. The molecule has 0 fully saturated rings. The van der Waals surface area contributed by atoms with Crippen LogP contribution in [0.25, 0.3) is 11.0 Å². The van der Waals surface area contributed by atoms with Crippen LogP contribution in [0.2, 0.25) is 0 Å². The molecule has 82 valence electrons. The van der Waals surface area contributed by atoms with Gasteiger partial charge in [0, 0.05) is 16.8 Å². The van der Waals surface area contributed by atoms with Crippen LogP contribution in [-0.4, -0.2) is 10.9 Å². The van der Waals surface area contributed by atoms with Crippen LogP contribution in [0.4, 0.5) is 5.69 Å². The predicted molar refractivity (Wildman–Crippen MR) is 66.4 cm³/mol. The van der Waals surface area contributed by atoms with Crippen molar-refractivity contribution < 1.29 is 4.79 Å². The van der Waals surface area contributed by atoms with Crippen molar-refractivity contribution in [2.45, 2.75) is 6.54 Å². The first-order valence-corrected chi connectivity index (χ1v) is 5.64. The third kappa shape index (κ3) is 1.03. The molecule has 0 spiro atoms. The number of hydrogen-bond donors (Lipinski definition) is 1. The van der Waals surface area contributed by atoms with E-state index in [4.69, 9.17) is 0 Å². The van der Waals surface area contributed by atoms with E-state index in [1.165, 1.54) is 0 Å². The molecule has 0 radical (unpaired) electrons. The third-order valence-corrected chi connectivity index (χ3v) is 3.43. The van der Waals surface area contributed by atoms with E-state index in [9.17, 15) is 4.79 Å². The first-order chi connectivity index (χ1) is 8.34. The molecule has 3 nitrogen and oxygen atoms in total. The van der Waals surface area contributed by atoms with Gasteiger partial charge in [-0.15, -0.1) is 0 Å². The van der Waals surface area contributed by atoms with E-state index in [0.29, 0.717) is 6.54 Å². The molecule has 2 bridgehead atoms. The van der Waals surface area contributed by atoms with Gasteiger partial charge in [-0.3, -0.25) is 4.79 Å². The Kier molecular flexibility index (Phi) is 1.50. The van der Waals surface area contributed by atoms with E-state index in [0.717, 1.165) is 27.8 Å². The Morgan fingerprint density at radius 2 is 1.76 bits per heavy atom. The van der Waals surface area contributed by atoms with Gasteiger partial charge in [0.1, 0.15) is 0 Å². The van der Waals surface area contributed by atoms with Crippen molar-refractivity contribution in [3.05, 3.63) is 53.6 Å². The SMILES string of the molecule is O=C1c2c(c3ccc2[nH]3)CN1c1ccccc1. The molecule has 1 amide bonds. The molecule has 3 aromatic rings. The van der Waals surface area contributed by atoms with E-state index >= 15 is 0 Å². The summed E-state index contributed by atoms with van der Waals surface area (Å²) >= 11 is 0. The highest BCUT2D eigenvalue weighted by molar-refractivity contribution is 6.17. The molecule has 17 heavy (non-hydrogen) atoms. The van der Waals surface area contributed by atoms with Gasteiger partial charge in [0.2, 0.25) is 0 Å². The van der Waals surface area contributed by atoms with Gasteiger partial charge in [0.15, 0.2) is 0 Å². The maximum atomic E-state index is 12.3. The Morgan fingerprint density at radius 1 is 1.00 bits per heavy atom. The van der Waals surface area contributed by atoms with E-state index in [1.54, 1.807) is 0 Å². The minimum Gasteiger partial charge on any atom is -0.355 e. The molecule has 3 heteroatoms. The Labute approximate surface area is 98.0 Å². The van der Waals surface area contributed by atoms with Crippen molar-refractivity contribution in [2.75, 3.05) is 4.90 Å². The summed E-state index contributed by atoms with van der Waals surface area (Å²) in [6, 6.07) is 13.8. The number of carbonyl (C=O) groups is 1. The number of benzene rings is 2. The summed E-state index contributed by atoms with van der Waals surface area (Å²) in [4.78, 5) is 17.4. The Hall–Kier alpha value is -2.29. The van der Waals surface area contributed by atoms with E-state index in [2.05, 4.69) is 4.98 Å². The van der Waals surface area contributed by atoms with Crippen molar-refractivity contribution in [1.29, 1.82) is 0 Å². The molecule has 2 aromatic heterocycles. The average Bonchev–Trinajstić information content (AvgIpc) is 3.03.